The van der Waals surface area contributed by atoms with Gasteiger partial charge < -0.3 is 5.32 Å². The molecule has 2 rings (SSSR count). The second-order valence-corrected chi connectivity index (χ2v) is 5.08. The van der Waals surface area contributed by atoms with Gasteiger partial charge in [0.25, 0.3) is 0 Å². The molecule has 1 heterocycles. The van der Waals surface area contributed by atoms with Crippen molar-refractivity contribution in [1.29, 1.82) is 5.26 Å². The Morgan fingerprint density at radius 1 is 1.39 bits per heavy atom. The Balaban J connectivity index is 2.02. The minimum atomic E-state index is 0.485. The lowest BCUT2D eigenvalue weighted by Crippen LogP contribution is -2.30. The zero-order valence-electron chi connectivity index (χ0n) is 11.0. The van der Waals surface area contributed by atoms with Crippen LogP contribution in [-0.4, -0.2) is 11.0 Å². The van der Waals surface area contributed by atoms with Crippen LogP contribution in [0.1, 0.15) is 51.1 Å². The highest BCUT2D eigenvalue weighted by molar-refractivity contribution is 5.39. The molecule has 1 unspecified atom stereocenters. The molecule has 3 heteroatoms. The maximum atomic E-state index is 8.86. The second-order valence-electron chi connectivity index (χ2n) is 5.08. The number of hydrogen-bond donors (Lipinski definition) is 1. The Bertz CT molecular complexity index is 416. The minimum Gasteiger partial charge on any atom is -0.367 e. The van der Waals surface area contributed by atoms with E-state index >= 15 is 0 Å². The van der Waals surface area contributed by atoms with E-state index in [1.165, 1.54) is 32.1 Å². The molecule has 1 saturated carbocycles. The van der Waals surface area contributed by atoms with E-state index in [4.69, 9.17) is 5.26 Å². The zero-order valence-corrected chi connectivity index (χ0v) is 11.0. The van der Waals surface area contributed by atoms with Gasteiger partial charge in [-0.3, -0.25) is 0 Å². The number of aromatic nitrogens is 1. The molecule has 1 N–H and O–H groups in total. The van der Waals surface area contributed by atoms with E-state index in [-0.39, 0.29) is 0 Å². The SMILES string of the molecule is CCC(Nc1cccc(C#N)n1)C1CCCCC1. The molecule has 1 aliphatic carbocycles. The summed E-state index contributed by atoms with van der Waals surface area (Å²) < 4.78 is 0. The van der Waals surface area contributed by atoms with Crippen LogP contribution in [0.15, 0.2) is 18.2 Å². The molecule has 0 radical (unpaired) electrons. The molecule has 1 aliphatic rings. The van der Waals surface area contributed by atoms with Gasteiger partial charge >= 0.3 is 0 Å². The van der Waals surface area contributed by atoms with Crippen LogP contribution >= 0.6 is 0 Å². The maximum absolute atomic E-state index is 8.86. The quantitative estimate of drug-likeness (QED) is 0.876. The number of pyridine rings is 1. The number of rotatable bonds is 4. The van der Waals surface area contributed by atoms with Crippen LogP contribution in [-0.2, 0) is 0 Å². The maximum Gasteiger partial charge on any atom is 0.142 e. The van der Waals surface area contributed by atoms with Crippen molar-refractivity contribution in [3.05, 3.63) is 23.9 Å². The van der Waals surface area contributed by atoms with Crippen molar-refractivity contribution in [2.75, 3.05) is 5.32 Å². The first kappa shape index (κ1) is 12.9. The predicted octanol–water partition coefficient (Wildman–Crippen LogP) is 3.72. The van der Waals surface area contributed by atoms with Gasteiger partial charge in [0.1, 0.15) is 17.6 Å². The molecule has 3 nitrogen and oxygen atoms in total. The largest absolute Gasteiger partial charge is 0.367 e. The highest BCUT2D eigenvalue weighted by Crippen LogP contribution is 2.29. The lowest BCUT2D eigenvalue weighted by atomic mass is 9.83. The Morgan fingerprint density at radius 3 is 2.83 bits per heavy atom. The molecule has 1 atom stereocenters. The standard InChI is InChI=1S/C15H21N3/c1-2-14(12-7-4-3-5-8-12)18-15-10-6-9-13(11-16)17-15/h6,9-10,12,14H,2-5,7-8H2,1H3,(H,17,18). The molecule has 0 amide bonds. The van der Waals surface area contributed by atoms with Crippen LogP contribution in [0.25, 0.3) is 0 Å². The van der Waals surface area contributed by atoms with E-state index in [9.17, 15) is 0 Å². The third-order valence-corrected chi connectivity index (χ3v) is 3.86. The minimum absolute atomic E-state index is 0.485. The molecule has 0 saturated heterocycles. The average Bonchev–Trinajstić information content (AvgIpc) is 2.46. The molecular formula is C15H21N3. The summed E-state index contributed by atoms with van der Waals surface area (Å²) in [5.74, 6) is 1.60. The Labute approximate surface area is 109 Å². The molecule has 1 aromatic rings. The van der Waals surface area contributed by atoms with E-state index in [0.717, 1.165) is 18.2 Å². The number of anilines is 1. The number of nitriles is 1. The topological polar surface area (TPSA) is 48.7 Å². The van der Waals surface area contributed by atoms with Crippen LogP contribution < -0.4 is 5.32 Å². The van der Waals surface area contributed by atoms with Crippen molar-refractivity contribution in [3.8, 4) is 6.07 Å². The van der Waals surface area contributed by atoms with E-state index in [2.05, 4.69) is 23.3 Å². The number of nitrogens with zero attached hydrogens (tertiary/aromatic N) is 2. The van der Waals surface area contributed by atoms with Crippen LogP contribution in [0.4, 0.5) is 5.82 Å². The lowest BCUT2D eigenvalue weighted by Gasteiger charge is -2.30. The fraction of sp³-hybridized carbons (Fsp3) is 0.600. The summed E-state index contributed by atoms with van der Waals surface area (Å²) in [4.78, 5) is 4.30. The van der Waals surface area contributed by atoms with Gasteiger partial charge in [0.05, 0.1) is 0 Å². The molecule has 1 aromatic heterocycles. The van der Waals surface area contributed by atoms with Crippen LogP contribution in [0, 0.1) is 17.2 Å². The fourth-order valence-corrected chi connectivity index (χ4v) is 2.86. The summed E-state index contributed by atoms with van der Waals surface area (Å²) >= 11 is 0. The summed E-state index contributed by atoms with van der Waals surface area (Å²) in [5, 5.41) is 12.4. The van der Waals surface area contributed by atoms with Gasteiger partial charge in [-0.25, -0.2) is 4.98 Å². The van der Waals surface area contributed by atoms with Crippen molar-refractivity contribution >= 4 is 5.82 Å². The van der Waals surface area contributed by atoms with Crippen molar-refractivity contribution in [2.24, 2.45) is 5.92 Å². The summed E-state index contributed by atoms with van der Waals surface area (Å²) in [6.07, 6.45) is 7.86. The smallest absolute Gasteiger partial charge is 0.142 e. The van der Waals surface area contributed by atoms with Gasteiger partial charge in [0.15, 0.2) is 0 Å². The summed E-state index contributed by atoms with van der Waals surface area (Å²) in [6, 6.07) is 8.16. The Kier molecular flexibility index (Phi) is 4.58. The van der Waals surface area contributed by atoms with E-state index < -0.39 is 0 Å². The number of hydrogen-bond acceptors (Lipinski definition) is 3. The molecular weight excluding hydrogens is 222 g/mol. The first-order valence-corrected chi connectivity index (χ1v) is 6.97. The molecule has 0 aromatic carbocycles. The van der Waals surface area contributed by atoms with Gasteiger partial charge in [-0.05, 0) is 37.3 Å². The van der Waals surface area contributed by atoms with Crippen LogP contribution in [0.5, 0.6) is 0 Å². The van der Waals surface area contributed by atoms with Crippen molar-refractivity contribution in [3.63, 3.8) is 0 Å². The second kappa shape index (κ2) is 6.39. The van der Waals surface area contributed by atoms with E-state index in [1.807, 2.05) is 12.1 Å². The average molecular weight is 243 g/mol. The highest BCUT2D eigenvalue weighted by atomic mass is 15.0. The first-order chi connectivity index (χ1) is 8.83. The van der Waals surface area contributed by atoms with Gasteiger partial charge in [-0.2, -0.15) is 5.26 Å². The van der Waals surface area contributed by atoms with Gasteiger partial charge in [0.2, 0.25) is 0 Å². The lowest BCUT2D eigenvalue weighted by molar-refractivity contribution is 0.312. The van der Waals surface area contributed by atoms with Crippen molar-refractivity contribution in [2.45, 2.75) is 51.5 Å². The normalized spacial score (nSPS) is 18.0. The summed E-state index contributed by atoms with van der Waals surface area (Å²) in [6.45, 7) is 2.22. The van der Waals surface area contributed by atoms with Crippen molar-refractivity contribution < 1.29 is 0 Å². The molecule has 1 fully saturated rings. The van der Waals surface area contributed by atoms with Crippen LogP contribution in [0.3, 0.4) is 0 Å². The molecule has 96 valence electrons. The van der Waals surface area contributed by atoms with Gasteiger partial charge in [0, 0.05) is 6.04 Å². The molecule has 0 spiro atoms. The Hall–Kier alpha value is -1.56. The van der Waals surface area contributed by atoms with Crippen LogP contribution in [0.2, 0.25) is 0 Å². The predicted molar refractivity (Wildman–Crippen MR) is 73.2 cm³/mol. The highest BCUT2D eigenvalue weighted by Gasteiger charge is 2.22. The number of nitrogens with one attached hydrogen (secondary N) is 1. The molecule has 18 heavy (non-hydrogen) atoms. The fourth-order valence-electron chi connectivity index (χ4n) is 2.86. The third kappa shape index (κ3) is 3.22. The molecule has 0 aliphatic heterocycles. The summed E-state index contributed by atoms with van der Waals surface area (Å²) in [5.41, 5.74) is 0.485. The van der Waals surface area contributed by atoms with Gasteiger partial charge in [-0.15, -0.1) is 0 Å². The van der Waals surface area contributed by atoms with E-state index in [1.54, 1.807) is 6.07 Å². The van der Waals surface area contributed by atoms with E-state index in [0.29, 0.717) is 11.7 Å². The summed E-state index contributed by atoms with van der Waals surface area (Å²) in [7, 11) is 0. The van der Waals surface area contributed by atoms with Crippen molar-refractivity contribution in [1.82, 2.24) is 4.98 Å². The molecule has 0 bridgehead atoms. The first-order valence-electron chi connectivity index (χ1n) is 6.97. The monoisotopic (exact) mass is 243 g/mol. The van der Waals surface area contributed by atoms with Gasteiger partial charge in [-0.1, -0.05) is 32.3 Å². The third-order valence-electron chi connectivity index (χ3n) is 3.86. The Morgan fingerprint density at radius 2 is 2.17 bits per heavy atom. The zero-order chi connectivity index (χ0) is 12.8.